The number of hydrogen-bond donors (Lipinski definition) is 1. The molecule has 0 spiro atoms. The lowest BCUT2D eigenvalue weighted by atomic mass is 9.97. The summed E-state index contributed by atoms with van der Waals surface area (Å²) in [7, 11) is 0. The van der Waals surface area contributed by atoms with Gasteiger partial charge in [-0.3, -0.25) is 14.4 Å². The van der Waals surface area contributed by atoms with Gasteiger partial charge >= 0.3 is 0 Å². The number of rotatable bonds is 5. The molecular formula is C25H25ClN4O3S. The summed E-state index contributed by atoms with van der Waals surface area (Å²) in [6.07, 6.45) is 3.13. The molecule has 2 aliphatic rings. The Morgan fingerprint density at radius 2 is 1.85 bits per heavy atom. The van der Waals surface area contributed by atoms with E-state index in [4.69, 9.17) is 16.6 Å². The molecule has 0 saturated carbocycles. The summed E-state index contributed by atoms with van der Waals surface area (Å²) in [5, 5.41) is 4.51. The van der Waals surface area contributed by atoms with Crippen molar-refractivity contribution in [3.8, 4) is 0 Å². The molecule has 0 unspecified atom stereocenters. The van der Waals surface area contributed by atoms with Gasteiger partial charge in [0, 0.05) is 48.2 Å². The standard InChI is InChI=1S/C25H25ClN4O3S/c26-18-5-8-21-20(14-18)28-25(34-21)17-9-12-29(13-10-17)23(32)15-27-24(33)16-3-6-19(7-4-16)30-11-1-2-22(30)31/h3-8,14,17H,1-2,9-13,15H2,(H,27,33). The molecule has 0 radical (unpaired) electrons. The van der Waals surface area contributed by atoms with Gasteiger partial charge < -0.3 is 15.1 Å². The van der Waals surface area contributed by atoms with Crippen molar-refractivity contribution in [3.63, 3.8) is 0 Å². The fourth-order valence-electron chi connectivity index (χ4n) is 4.55. The van der Waals surface area contributed by atoms with Crippen LogP contribution in [0.4, 0.5) is 5.69 Å². The zero-order chi connectivity index (χ0) is 23.7. The van der Waals surface area contributed by atoms with Crippen LogP contribution in [0.15, 0.2) is 42.5 Å². The number of halogens is 1. The smallest absolute Gasteiger partial charge is 0.251 e. The third-order valence-corrected chi connectivity index (χ3v) is 7.91. The zero-order valence-corrected chi connectivity index (χ0v) is 20.2. The highest BCUT2D eigenvalue weighted by atomic mass is 35.5. The molecule has 9 heteroatoms. The highest BCUT2D eigenvalue weighted by Gasteiger charge is 2.26. The van der Waals surface area contributed by atoms with Crippen LogP contribution in [-0.4, -0.2) is 53.8 Å². The summed E-state index contributed by atoms with van der Waals surface area (Å²) >= 11 is 7.77. The van der Waals surface area contributed by atoms with Gasteiger partial charge in [0.15, 0.2) is 0 Å². The topological polar surface area (TPSA) is 82.6 Å². The van der Waals surface area contributed by atoms with Crippen molar-refractivity contribution in [1.82, 2.24) is 15.2 Å². The molecule has 2 fully saturated rings. The Morgan fingerprint density at radius 1 is 1.09 bits per heavy atom. The van der Waals surface area contributed by atoms with Gasteiger partial charge in [0.25, 0.3) is 5.91 Å². The van der Waals surface area contributed by atoms with E-state index in [0.717, 1.165) is 40.2 Å². The van der Waals surface area contributed by atoms with Crippen molar-refractivity contribution in [2.75, 3.05) is 31.1 Å². The van der Waals surface area contributed by atoms with Crippen LogP contribution < -0.4 is 10.2 Å². The molecule has 3 heterocycles. The number of carbonyl (C=O) groups excluding carboxylic acids is 3. The first-order valence-electron chi connectivity index (χ1n) is 11.5. The van der Waals surface area contributed by atoms with Gasteiger partial charge in [0.2, 0.25) is 11.8 Å². The Bertz CT molecular complexity index is 1230. The molecule has 3 amide bonds. The Balaban J connectivity index is 1.11. The van der Waals surface area contributed by atoms with Crippen molar-refractivity contribution >= 4 is 56.6 Å². The normalized spacial score (nSPS) is 16.9. The van der Waals surface area contributed by atoms with Crippen molar-refractivity contribution in [2.45, 2.75) is 31.6 Å². The van der Waals surface area contributed by atoms with Crippen LogP contribution in [0.2, 0.25) is 5.02 Å². The number of nitrogens with zero attached hydrogens (tertiary/aromatic N) is 3. The third kappa shape index (κ3) is 4.79. The second kappa shape index (κ2) is 9.72. The molecule has 1 N–H and O–H groups in total. The fraction of sp³-hybridized carbons (Fsp3) is 0.360. The fourth-order valence-corrected chi connectivity index (χ4v) is 5.84. The van der Waals surface area contributed by atoms with E-state index in [1.807, 2.05) is 23.1 Å². The minimum atomic E-state index is -0.296. The van der Waals surface area contributed by atoms with Crippen molar-refractivity contribution in [3.05, 3.63) is 58.1 Å². The maximum atomic E-state index is 12.7. The number of carbonyl (C=O) groups is 3. The van der Waals surface area contributed by atoms with Crippen molar-refractivity contribution < 1.29 is 14.4 Å². The average Bonchev–Trinajstić information content (AvgIpc) is 3.48. The van der Waals surface area contributed by atoms with Gasteiger partial charge in [0.05, 0.1) is 21.8 Å². The van der Waals surface area contributed by atoms with E-state index in [2.05, 4.69) is 5.32 Å². The third-order valence-electron chi connectivity index (χ3n) is 6.48. The monoisotopic (exact) mass is 496 g/mol. The predicted molar refractivity (Wildman–Crippen MR) is 134 cm³/mol. The van der Waals surface area contributed by atoms with E-state index >= 15 is 0 Å². The van der Waals surface area contributed by atoms with Gasteiger partial charge in [-0.15, -0.1) is 11.3 Å². The lowest BCUT2D eigenvalue weighted by Gasteiger charge is -2.31. The van der Waals surface area contributed by atoms with Crippen LogP contribution in [0.1, 0.15) is 47.0 Å². The van der Waals surface area contributed by atoms with Crippen LogP contribution >= 0.6 is 22.9 Å². The number of piperidine rings is 1. The van der Waals surface area contributed by atoms with Gasteiger partial charge in [-0.25, -0.2) is 4.98 Å². The first kappa shape index (κ1) is 22.8. The van der Waals surface area contributed by atoms with Crippen molar-refractivity contribution in [2.24, 2.45) is 0 Å². The summed E-state index contributed by atoms with van der Waals surface area (Å²) in [5.74, 6) is 0.0627. The number of anilines is 1. The van der Waals surface area contributed by atoms with E-state index in [1.165, 1.54) is 0 Å². The largest absolute Gasteiger partial charge is 0.343 e. The first-order valence-corrected chi connectivity index (χ1v) is 12.7. The molecular weight excluding hydrogens is 472 g/mol. The lowest BCUT2D eigenvalue weighted by molar-refractivity contribution is -0.131. The molecule has 176 valence electrons. The summed E-state index contributed by atoms with van der Waals surface area (Å²) in [5.41, 5.74) is 2.20. The van der Waals surface area contributed by atoms with Crippen LogP contribution in [0.3, 0.4) is 0 Å². The predicted octanol–water partition coefficient (Wildman–Crippen LogP) is 4.21. The Kier molecular flexibility index (Phi) is 6.52. The molecule has 7 nitrogen and oxygen atoms in total. The highest BCUT2D eigenvalue weighted by molar-refractivity contribution is 7.18. The second-order valence-electron chi connectivity index (χ2n) is 8.70. The minimum Gasteiger partial charge on any atom is -0.343 e. The Morgan fingerprint density at radius 3 is 2.56 bits per heavy atom. The number of likely N-dealkylation sites (tertiary alicyclic amines) is 1. The van der Waals surface area contributed by atoms with Gasteiger partial charge in [-0.1, -0.05) is 11.6 Å². The summed E-state index contributed by atoms with van der Waals surface area (Å²) < 4.78 is 1.13. The molecule has 2 aliphatic heterocycles. The highest BCUT2D eigenvalue weighted by Crippen LogP contribution is 2.34. The Hall–Kier alpha value is -2.97. The number of amides is 3. The van der Waals surface area contributed by atoms with E-state index < -0.39 is 0 Å². The molecule has 1 aromatic heterocycles. The number of hydrogen-bond acceptors (Lipinski definition) is 5. The molecule has 0 aliphatic carbocycles. The number of fused-ring (bicyclic) bond motifs is 1. The molecule has 5 rings (SSSR count). The molecule has 34 heavy (non-hydrogen) atoms. The molecule has 3 aromatic rings. The molecule has 2 aromatic carbocycles. The van der Waals surface area contributed by atoms with Crippen LogP contribution in [0.5, 0.6) is 0 Å². The lowest BCUT2D eigenvalue weighted by Crippen LogP contribution is -2.43. The average molecular weight is 497 g/mol. The summed E-state index contributed by atoms with van der Waals surface area (Å²) in [6, 6.07) is 12.7. The number of aromatic nitrogens is 1. The van der Waals surface area contributed by atoms with E-state index in [-0.39, 0.29) is 24.3 Å². The van der Waals surface area contributed by atoms with Crippen LogP contribution in [0, 0.1) is 0 Å². The molecule has 0 atom stereocenters. The Labute approximate surface area is 206 Å². The van der Waals surface area contributed by atoms with E-state index in [9.17, 15) is 14.4 Å². The first-order chi connectivity index (χ1) is 16.5. The van der Waals surface area contributed by atoms with Gasteiger partial charge in [-0.05, 0) is 61.7 Å². The number of benzene rings is 2. The summed E-state index contributed by atoms with van der Waals surface area (Å²) in [6.45, 7) is 1.97. The second-order valence-corrected chi connectivity index (χ2v) is 10.2. The number of thiazole rings is 1. The van der Waals surface area contributed by atoms with Crippen LogP contribution in [-0.2, 0) is 9.59 Å². The van der Waals surface area contributed by atoms with Crippen LogP contribution in [0.25, 0.3) is 10.2 Å². The maximum absolute atomic E-state index is 12.7. The maximum Gasteiger partial charge on any atom is 0.251 e. The zero-order valence-electron chi connectivity index (χ0n) is 18.6. The molecule has 2 saturated heterocycles. The summed E-state index contributed by atoms with van der Waals surface area (Å²) in [4.78, 5) is 45.3. The van der Waals surface area contributed by atoms with E-state index in [0.29, 0.717) is 42.6 Å². The molecule has 0 bridgehead atoms. The van der Waals surface area contributed by atoms with Gasteiger partial charge in [-0.2, -0.15) is 0 Å². The van der Waals surface area contributed by atoms with Crippen molar-refractivity contribution in [1.29, 1.82) is 0 Å². The number of nitrogens with one attached hydrogen (secondary N) is 1. The minimum absolute atomic E-state index is 0.0322. The van der Waals surface area contributed by atoms with Gasteiger partial charge in [0.1, 0.15) is 0 Å². The SMILES string of the molecule is O=C(NCC(=O)N1CCC(c2nc3cc(Cl)ccc3s2)CC1)c1ccc(N2CCCC2=O)cc1. The van der Waals surface area contributed by atoms with E-state index in [1.54, 1.807) is 40.5 Å². The quantitative estimate of drug-likeness (QED) is 0.573.